The number of hydrogen-bond acceptors (Lipinski definition) is 4. The molecule has 5 heteroatoms. The average molecular weight is 318 g/mol. The van der Waals surface area contributed by atoms with E-state index < -0.39 is 0 Å². The number of benzene rings is 1. The van der Waals surface area contributed by atoms with E-state index in [1.54, 1.807) is 11.3 Å². The van der Waals surface area contributed by atoms with Gasteiger partial charge in [-0.3, -0.25) is 4.79 Å². The summed E-state index contributed by atoms with van der Waals surface area (Å²) >= 11 is 1.76. The molecule has 0 bridgehead atoms. The van der Waals surface area contributed by atoms with Crippen LogP contribution in [-0.2, 0) is 16.0 Å². The number of aromatic nitrogens is 1. The number of aryl methyl sites for hydroxylation is 1. The first kappa shape index (κ1) is 15.4. The number of unbranched alkanes of at least 4 members (excludes halogenated alkanes) is 1. The van der Waals surface area contributed by atoms with Crippen molar-refractivity contribution in [3.63, 3.8) is 0 Å². The third kappa shape index (κ3) is 3.84. The number of carbonyl (C=O) groups excluding carboxylic acids is 1. The maximum absolute atomic E-state index is 12.2. The molecule has 1 aromatic heterocycles. The fourth-order valence-corrected chi connectivity index (χ4v) is 3.79. The van der Waals surface area contributed by atoms with Crippen LogP contribution in [0.4, 0.5) is 0 Å². The predicted molar refractivity (Wildman–Crippen MR) is 89.2 cm³/mol. The standard InChI is InChI=1S/C17H22N2O2S/c1-13-12-19(10-11-21-13)17(20)9-5-4-8-16-18-14-6-2-3-7-15(14)22-16/h2-3,6-7,13H,4-5,8-12H2,1H3. The second-order valence-corrected chi connectivity index (χ2v) is 6.92. The van der Waals surface area contributed by atoms with Crippen molar-refractivity contribution in [3.8, 4) is 0 Å². The summed E-state index contributed by atoms with van der Waals surface area (Å²) in [6, 6.07) is 8.23. The third-order valence-electron chi connectivity index (χ3n) is 3.96. The maximum Gasteiger partial charge on any atom is 0.222 e. The summed E-state index contributed by atoms with van der Waals surface area (Å²) in [7, 11) is 0. The molecule has 0 radical (unpaired) electrons. The second-order valence-electron chi connectivity index (χ2n) is 5.80. The van der Waals surface area contributed by atoms with Crippen LogP contribution in [0, 0.1) is 0 Å². The Morgan fingerprint density at radius 2 is 2.27 bits per heavy atom. The topological polar surface area (TPSA) is 42.4 Å². The number of thiazole rings is 1. The van der Waals surface area contributed by atoms with Crippen LogP contribution in [0.5, 0.6) is 0 Å². The summed E-state index contributed by atoms with van der Waals surface area (Å²) in [5, 5.41) is 1.17. The summed E-state index contributed by atoms with van der Waals surface area (Å²) in [6.07, 6.45) is 3.72. The van der Waals surface area contributed by atoms with Gasteiger partial charge >= 0.3 is 0 Å². The van der Waals surface area contributed by atoms with Crippen molar-refractivity contribution >= 4 is 27.5 Å². The monoisotopic (exact) mass is 318 g/mol. The Morgan fingerprint density at radius 3 is 3.09 bits per heavy atom. The molecule has 0 N–H and O–H groups in total. The van der Waals surface area contributed by atoms with Gasteiger partial charge in [-0.1, -0.05) is 12.1 Å². The van der Waals surface area contributed by atoms with Gasteiger partial charge < -0.3 is 9.64 Å². The molecule has 3 rings (SSSR count). The van der Waals surface area contributed by atoms with Crippen LogP contribution in [0.25, 0.3) is 10.2 Å². The largest absolute Gasteiger partial charge is 0.375 e. The molecule has 118 valence electrons. The first-order chi connectivity index (χ1) is 10.7. The minimum Gasteiger partial charge on any atom is -0.375 e. The molecule has 1 aliphatic rings. The molecule has 2 heterocycles. The highest BCUT2D eigenvalue weighted by Crippen LogP contribution is 2.23. The van der Waals surface area contributed by atoms with Crippen LogP contribution in [0.2, 0.25) is 0 Å². The minimum atomic E-state index is 0.167. The Kier molecular flexibility index (Phi) is 5.05. The first-order valence-corrected chi connectivity index (χ1v) is 8.78. The highest BCUT2D eigenvalue weighted by Gasteiger charge is 2.20. The quantitative estimate of drug-likeness (QED) is 0.795. The van der Waals surface area contributed by atoms with Crippen LogP contribution >= 0.6 is 11.3 Å². The third-order valence-corrected chi connectivity index (χ3v) is 5.06. The van der Waals surface area contributed by atoms with Gasteiger partial charge in [0, 0.05) is 19.5 Å². The summed E-state index contributed by atoms with van der Waals surface area (Å²) in [6.45, 7) is 4.16. The lowest BCUT2D eigenvalue weighted by molar-refractivity contribution is -0.138. The summed E-state index contributed by atoms with van der Waals surface area (Å²) < 4.78 is 6.72. The molecule has 1 atom stereocenters. The van der Waals surface area contributed by atoms with Gasteiger partial charge in [-0.05, 0) is 38.3 Å². The fourth-order valence-electron chi connectivity index (χ4n) is 2.78. The number of morpholine rings is 1. The van der Waals surface area contributed by atoms with E-state index >= 15 is 0 Å². The number of fused-ring (bicyclic) bond motifs is 1. The van der Waals surface area contributed by atoms with E-state index in [-0.39, 0.29) is 12.0 Å². The fraction of sp³-hybridized carbons (Fsp3) is 0.529. The van der Waals surface area contributed by atoms with Crippen molar-refractivity contribution in [2.45, 2.75) is 38.7 Å². The molecule has 22 heavy (non-hydrogen) atoms. The normalized spacial score (nSPS) is 18.8. The number of ether oxygens (including phenoxy) is 1. The van der Waals surface area contributed by atoms with Crippen LogP contribution in [0.3, 0.4) is 0 Å². The number of amides is 1. The lowest BCUT2D eigenvalue weighted by Crippen LogP contribution is -2.44. The van der Waals surface area contributed by atoms with Crippen molar-refractivity contribution in [3.05, 3.63) is 29.3 Å². The van der Waals surface area contributed by atoms with Crippen molar-refractivity contribution in [2.75, 3.05) is 19.7 Å². The number of para-hydroxylation sites is 1. The molecule has 4 nitrogen and oxygen atoms in total. The van der Waals surface area contributed by atoms with Crippen LogP contribution in [-0.4, -0.2) is 41.6 Å². The number of hydrogen-bond donors (Lipinski definition) is 0. The van der Waals surface area contributed by atoms with Gasteiger partial charge in [-0.25, -0.2) is 4.98 Å². The molecule has 1 saturated heterocycles. The SMILES string of the molecule is CC1CN(C(=O)CCCCc2nc3ccccc3s2)CCO1. The van der Waals surface area contributed by atoms with E-state index in [9.17, 15) is 4.79 Å². The Hall–Kier alpha value is -1.46. The van der Waals surface area contributed by atoms with Gasteiger partial charge in [-0.15, -0.1) is 11.3 Å². The molecule has 0 spiro atoms. The predicted octanol–water partition coefficient (Wildman–Crippen LogP) is 3.26. The van der Waals surface area contributed by atoms with E-state index in [4.69, 9.17) is 4.74 Å². The molecular formula is C17H22N2O2S. The zero-order valence-electron chi connectivity index (χ0n) is 13.0. The average Bonchev–Trinajstić information content (AvgIpc) is 2.94. The molecule has 0 saturated carbocycles. The van der Waals surface area contributed by atoms with Crippen LogP contribution < -0.4 is 0 Å². The van der Waals surface area contributed by atoms with Crippen molar-refractivity contribution in [2.24, 2.45) is 0 Å². The molecule has 1 fully saturated rings. The van der Waals surface area contributed by atoms with Crippen LogP contribution in [0.1, 0.15) is 31.2 Å². The summed E-state index contributed by atoms with van der Waals surface area (Å²) in [4.78, 5) is 18.7. The molecule has 0 aliphatic carbocycles. The van der Waals surface area contributed by atoms with E-state index in [2.05, 4.69) is 17.1 Å². The number of carbonyl (C=O) groups is 1. The Bertz CT molecular complexity index is 607. The van der Waals surface area contributed by atoms with E-state index in [1.165, 1.54) is 9.71 Å². The van der Waals surface area contributed by atoms with E-state index in [1.807, 2.05) is 24.0 Å². The zero-order valence-corrected chi connectivity index (χ0v) is 13.8. The highest BCUT2D eigenvalue weighted by atomic mass is 32.1. The Labute approximate surface area is 135 Å². The molecular weight excluding hydrogens is 296 g/mol. The van der Waals surface area contributed by atoms with Gasteiger partial charge in [-0.2, -0.15) is 0 Å². The minimum absolute atomic E-state index is 0.167. The maximum atomic E-state index is 12.2. The van der Waals surface area contributed by atoms with Gasteiger partial charge in [0.15, 0.2) is 0 Å². The summed E-state index contributed by atoms with van der Waals surface area (Å²) in [5.41, 5.74) is 1.08. The molecule has 2 aromatic rings. The van der Waals surface area contributed by atoms with Gasteiger partial charge in [0.2, 0.25) is 5.91 Å². The van der Waals surface area contributed by atoms with Crippen molar-refractivity contribution in [1.29, 1.82) is 0 Å². The van der Waals surface area contributed by atoms with Crippen LogP contribution in [0.15, 0.2) is 24.3 Å². The number of nitrogens with zero attached hydrogens (tertiary/aromatic N) is 2. The van der Waals surface area contributed by atoms with Gasteiger partial charge in [0.05, 0.1) is 27.9 Å². The van der Waals surface area contributed by atoms with Crippen molar-refractivity contribution in [1.82, 2.24) is 9.88 Å². The number of rotatable bonds is 5. The molecule has 1 amide bonds. The molecule has 1 unspecified atom stereocenters. The second kappa shape index (κ2) is 7.20. The highest BCUT2D eigenvalue weighted by molar-refractivity contribution is 7.18. The molecule has 1 aliphatic heterocycles. The van der Waals surface area contributed by atoms with Gasteiger partial charge in [0.1, 0.15) is 0 Å². The van der Waals surface area contributed by atoms with Crippen molar-refractivity contribution < 1.29 is 9.53 Å². The van der Waals surface area contributed by atoms with E-state index in [0.717, 1.165) is 37.9 Å². The molecule has 1 aromatic carbocycles. The smallest absolute Gasteiger partial charge is 0.222 e. The van der Waals surface area contributed by atoms with E-state index in [0.29, 0.717) is 13.0 Å². The first-order valence-electron chi connectivity index (χ1n) is 7.96. The lowest BCUT2D eigenvalue weighted by Gasteiger charge is -2.31. The van der Waals surface area contributed by atoms with Gasteiger partial charge in [0.25, 0.3) is 0 Å². The summed E-state index contributed by atoms with van der Waals surface area (Å²) in [5.74, 6) is 0.263. The Morgan fingerprint density at radius 1 is 1.41 bits per heavy atom. The lowest BCUT2D eigenvalue weighted by atomic mass is 10.1. The zero-order chi connectivity index (χ0) is 15.4. The Balaban J connectivity index is 1.42.